The molecule has 1 atom stereocenters. The SMILES string of the molecule is C=CCOCC(NC(=O)CCNC(=O)NC12CC3CC(CC(C3)C1)C2)C(=O)O. The average Bonchev–Trinajstić information content (AvgIpc) is 2.59. The van der Waals surface area contributed by atoms with Gasteiger partial charge in [0.15, 0.2) is 6.04 Å². The number of hydrogen-bond acceptors (Lipinski definition) is 4. The summed E-state index contributed by atoms with van der Waals surface area (Å²) < 4.78 is 5.09. The number of carbonyl (C=O) groups is 3. The third-order valence-electron chi connectivity index (χ3n) is 6.21. The van der Waals surface area contributed by atoms with Crippen LogP contribution < -0.4 is 16.0 Å². The van der Waals surface area contributed by atoms with Crippen molar-refractivity contribution < 1.29 is 24.2 Å². The van der Waals surface area contributed by atoms with E-state index in [0.29, 0.717) is 0 Å². The first-order valence-corrected chi connectivity index (χ1v) is 10.2. The van der Waals surface area contributed by atoms with E-state index in [0.717, 1.165) is 37.0 Å². The Morgan fingerprint density at radius 2 is 1.75 bits per heavy atom. The van der Waals surface area contributed by atoms with E-state index in [4.69, 9.17) is 9.84 Å². The summed E-state index contributed by atoms with van der Waals surface area (Å²) in [5, 5.41) is 17.5. The maximum Gasteiger partial charge on any atom is 0.328 e. The molecule has 8 nitrogen and oxygen atoms in total. The zero-order valence-corrected chi connectivity index (χ0v) is 16.2. The van der Waals surface area contributed by atoms with Crippen molar-refractivity contribution in [3.63, 3.8) is 0 Å². The largest absolute Gasteiger partial charge is 0.480 e. The fourth-order valence-corrected chi connectivity index (χ4v) is 5.55. The van der Waals surface area contributed by atoms with E-state index in [9.17, 15) is 14.4 Å². The minimum atomic E-state index is -1.16. The standard InChI is InChI=1S/C20H31N3O5/c1-2-5-28-12-16(18(25)26)22-17(24)3-4-21-19(27)23-20-9-13-6-14(10-20)8-15(7-13)11-20/h2,13-16H,1,3-12H2,(H,22,24)(H,25,26)(H2,21,23,27). The van der Waals surface area contributed by atoms with E-state index in [1.807, 2.05) is 0 Å². The molecule has 4 fully saturated rings. The quantitative estimate of drug-likeness (QED) is 0.331. The van der Waals surface area contributed by atoms with Crippen molar-refractivity contribution >= 4 is 17.9 Å². The van der Waals surface area contributed by atoms with Gasteiger partial charge in [-0.15, -0.1) is 6.58 Å². The Morgan fingerprint density at radius 3 is 2.29 bits per heavy atom. The molecular weight excluding hydrogens is 362 g/mol. The van der Waals surface area contributed by atoms with E-state index in [1.165, 1.54) is 25.3 Å². The molecule has 0 spiro atoms. The van der Waals surface area contributed by atoms with Crippen LogP contribution in [0.15, 0.2) is 12.7 Å². The highest BCUT2D eigenvalue weighted by atomic mass is 16.5. The number of urea groups is 1. The van der Waals surface area contributed by atoms with Gasteiger partial charge in [0, 0.05) is 18.5 Å². The van der Waals surface area contributed by atoms with E-state index in [2.05, 4.69) is 22.5 Å². The second kappa shape index (κ2) is 8.94. The summed E-state index contributed by atoms with van der Waals surface area (Å²) in [6.45, 7) is 3.72. The lowest BCUT2D eigenvalue weighted by molar-refractivity contribution is -0.143. The molecule has 0 saturated heterocycles. The fraction of sp³-hybridized carbons (Fsp3) is 0.750. The van der Waals surface area contributed by atoms with Crippen LogP contribution in [0.4, 0.5) is 4.79 Å². The number of hydrogen-bond donors (Lipinski definition) is 4. The number of aliphatic carboxylic acids is 1. The highest BCUT2D eigenvalue weighted by molar-refractivity contribution is 5.84. The summed E-state index contributed by atoms with van der Waals surface area (Å²) in [6, 6.07) is -1.35. The van der Waals surface area contributed by atoms with E-state index in [1.54, 1.807) is 0 Å². The first kappa shape index (κ1) is 20.6. The molecule has 28 heavy (non-hydrogen) atoms. The van der Waals surface area contributed by atoms with Gasteiger partial charge in [0.1, 0.15) is 0 Å². The van der Waals surface area contributed by atoms with Crippen LogP contribution in [-0.4, -0.2) is 54.4 Å². The molecule has 1 unspecified atom stereocenters. The van der Waals surface area contributed by atoms with Gasteiger partial charge in [-0.2, -0.15) is 0 Å². The number of carboxylic acids is 1. The third-order valence-corrected chi connectivity index (χ3v) is 6.21. The summed E-state index contributed by atoms with van der Waals surface area (Å²) in [7, 11) is 0. The zero-order chi connectivity index (χ0) is 20.1. The maximum atomic E-state index is 12.3. The number of amides is 3. The van der Waals surface area contributed by atoms with Crippen LogP contribution in [0.25, 0.3) is 0 Å². The first-order chi connectivity index (χ1) is 13.4. The predicted molar refractivity (Wildman–Crippen MR) is 103 cm³/mol. The Labute approximate surface area is 165 Å². The zero-order valence-electron chi connectivity index (χ0n) is 16.2. The van der Waals surface area contributed by atoms with Crippen LogP contribution in [-0.2, 0) is 14.3 Å². The molecule has 8 heteroatoms. The molecule has 4 saturated carbocycles. The van der Waals surface area contributed by atoms with Gasteiger partial charge < -0.3 is 25.8 Å². The predicted octanol–water partition coefficient (Wildman–Crippen LogP) is 1.42. The van der Waals surface area contributed by atoms with Gasteiger partial charge in [-0.1, -0.05) is 6.08 Å². The Balaban J connectivity index is 1.37. The van der Waals surface area contributed by atoms with Gasteiger partial charge in [-0.25, -0.2) is 9.59 Å². The molecule has 0 heterocycles. The number of carbonyl (C=O) groups excluding carboxylic acids is 2. The van der Waals surface area contributed by atoms with Crippen molar-refractivity contribution in [2.24, 2.45) is 17.8 Å². The Kier molecular flexibility index (Phi) is 6.59. The molecule has 3 amide bonds. The average molecular weight is 393 g/mol. The Bertz CT molecular complexity index is 586. The van der Waals surface area contributed by atoms with Crippen LogP contribution >= 0.6 is 0 Å². The minimum absolute atomic E-state index is 0.0134. The highest BCUT2D eigenvalue weighted by Crippen LogP contribution is 2.55. The van der Waals surface area contributed by atoms with E-state index in [-0.39, 0.29) is 37.7 Å². The maximum absolute atomic E-state index is 12.3. The van der Waals surface area contributed by atoms with Crippen molar-refractivity contribution in [3.05, 3.63) is 12.7 Å². The van der Waals surface area contributed by atoms with Gasteiger partial charge in [-0.05, 0) is 56.3 Å². The molecule has 0 aromatic heterocycles. The minimum Gasteiger partial charge on any atom is -0.480 e. The van der Waals surface area contributed by atoms with E-state index < -0.39 is 17.9 Å². The first-order valence-electron chi connectivity index (χ1n) is 10.2. The topological polar surface area (TPSA) is 117 Å². The van der Waals surface area contributed by atoms with Gasteiger partial charge in [0.2, 0.25) is 5.91 Å². The Hall–Kier alpha value is -2.09. The summed E-state index contributed by atoms with van der Waals surface area (Å²) in [6.07, 6.45) is 8.65. The molecule has 4 rings (SSSR count). The molecule has 4 bridgehead atoms. The van der Waals surface area contributed by atoms with Gasteiger partial charge in [-0.3, -0.25) is 4.79 Å². The lowest BCUT2D eigenvalue weighted by Crippen LogP contribution is -2.61. The monoisotopic (exact) mass is 393 g/mol. The molecule has 4 aliphatic rings. The van der Waals surface area contributed by atoms with Gasteiger partial charge in [0.25, 0.3) is 0 Å². The van der Waals surface area contributed by atoms with Crippen LogP contribution in [0.1, 0.15) is 44.9 Å². The summed E-state index contributed by atoms with van der Waals surface area (Å²) >= 11 is 0. The molecule has 0 aromatic carbocycles. The number of carboxylic acid groups (broad SMARTS) is 1. The van der Waals surface area contributed by atoms with Crippen LogP contribution in [0.5, 0.6) is 0 Å². The molecule has 0 aliphatic heterocycles. The van der Waals surface area contributed by atoms with Crippen molar-refractivity contribution in [2.75, 3.05) is 19.8 Å². The van der Waals surface area contributed by atoms with Crippen molar-refractivity contribution in [2.45, 2.75) is 56.5 Å². The number of rotatable bonds is 10. The smallest absolute Gasteiger partial charge is 0.328 e. The normalized spacial score (nSPS) is 31.1. The van der Waals surface area contributed by atoms with Crippen LogP contribution in [0.2, 0.25) is 0 Å². The van der Waals surface area contributed by atoms with Crippen LogP contribution in [0, 0.1) is 17.8 Å². The molecule has 0 aromatic rings. The summed E-state index contributed by atoms with van der Waals surface area (Å²) in [5.41, 5.74) is -0.0714. The molecule has 4 aliphatic carbocycles. The molecular formula is C20H31N3O5. The van der Waals surface area contributed by atoms with Crippen molar-refractivity contribution in [3.8, 4) is 0 Å². The lowest BCUT2D eigenvalue weighted by atomic mass is 9.53. The summed E-state index contributed by atoms with van der Waals surface area (Å²) in [4.78, 5) is 35.5. The molecule has 4 N–H and O–H groups in total. The van der Waals surface area contributed by atoms with Gasteiger partial charge >= 0.3 is 12.0 Å². The fourth-order valence-electron chi connectivity index (χ4n) is 5.55. The van der Waals surface area contributed by atoms with Gasteiger partial charge in [0.05, 0.1) is 13.2 Å². The molecule has 0 radical (unpaired) electrons. The lowest BCUT2D eigenvalue weighted by Gasteiger charge is -2.56. The number of nitrogens with one attached hydrogen (secondary N) is 3. The molecule has 156 valence electrons. The van der Waals surface area contributed by atoms with Crippen LogP contribution in [0.3, 0.4) is 0 Å². The Morgan fingerprint density at radius 1 is 1.14 bits per heavy atom. The second-order valence-electron chi connectivity index (χ2n) is 8.61. The van der Waals surface area contributed by atoms with Crippen molar-refractivity contribution in [1.29, 1.82) is 0 Å². The highest BCUT2D eigenvalue weighted by Gasteiger charge is 2.51. The van der Waals surface area contributed by atoms with E-state index >= 15 is 0 Å². The summed E-state index contributed by atoms with van der Waals surface area (Å²) in [5.74, 6) is 0.630. The number of ether oxygens (including phenoxy) is 1. The van der Waals surface area contributed by atoms with Crippen molar-refractivity contribution in [1.82, 2.24) is 16.0 Å². The third kappa shape index (κ3) is 5.25. The second-order valence-corrected chi connectivity index (χ2v) is 8.61.